The molecule has 1 atom stereocenters. The van der Waals surface area contributed by atoms with E-state index in [2.05, 4.69) is 54.2 Å². The van der Waals surface area contributed by atoms with Crippen LogP contribution in [0, 0.1) is 5.41 Å². The van der Waals surface area contributed by atoms with E-state index in [9.17, 15) is 4.79 Å². The average Bonchev–Trinajstić information content (AvgIpc) is 2.71. The number of fused-ring (bicyclic) bond motifs is 1. The molecule has 162 valence electrons. The normalized spacial score (nSPS) is 14.8. The molecule has 2 aromatic carbocycles. The summed E-state index contributed by atoms with van der Waals surface area (Å²) in [4.78, 5) is 15.5. The molecular weight excluding hydrogens is 444 g/mol. The molecule has 2 aromatic rings. The third kappa shape index (κ3) is 5.16. The predicted octanol–water partition coefficient (Wildman–Crippen LogP) is 4.56. The van der Waals surface area contributed by atoms with Crippen molar-refractivity contribution in [2.24, 2.45) is 5.41 Å². The Labute approximate surface area is 187 Å². The molecular formula is C24H31BrN2O3. The second-order valence-electron chi connectivity index (χ2n) is 8.80. The fourth-order valence-corrected chi connectivity index (χ4v) is 4.33. The van der Waals surface area contributed by atoms with E-state index in [0.29, 0.717) is 25.4 Å². The first-order valence-electron chi connectivity index (χ1n) is 10.2. The largest absolute Gasteiger partial charge is 0.493 e. The van der Waals surface area contributed by atoms with E-state index in [1.807, 2.05) is 29.2 Å². The molecule has 0 spiro atoms. The molecule has 0 aromatic heterocycles. The van der Waals surface area contributed by atoms with Crippen molar-refractivity contribution in [3.8, 4) is 11.5 Å². The molecule has 0 saturated carbocycles. The van der Waals surface area contributed by atoms with Gasteiger partial charge in [-0.25, -0.2) is 0 Å². The van der Waals surface area contributed by atoms with Gasteiger partial charge in [0.15, 0.2) is 11.5 Å². The Morgan fingerprint density at radius 1 is 1.13 bits per heavy atom. The van der Waals surface area contributed by atoms with Gasteiger partial charge >= 0.3 is 0 Å². The van der Waals surface area contributed by atoms with Crippen molar-refractivity contribution in [3.63, 3.8) is 0 Å². The number of ether oxygens (including phenoxy) is 2. The SMILES string of the molecule is COc1cc2c(cc1OC)CN(C(=O)[C@@H](NCc1cccc(Br)c1)C(C)(C)C)CC2. The van der Waals surface area contributed by atoms with Gasteiger partial charge in [-0.1, -0.05) is 48.8 Å². The molecule has 1 N–H and O–H groups in total. The highest BCUT2D eigenvalue weighted by Crippen LogP contribution is 2.34. The molecule has 0 bridgehead atoms. The smallest absolute Gasteiger partial charge is 0.240 e. The summed E-state index contributed by atoms with van der Waals surface area (Å²) in [7, 11) is 3.28. The second-order valence-corrected chi connectivity index (χ2v) is 9.71. The molecule has 1 amide bonds. The molecule has 6 heteroatoms. The summed E-state index contributed by atoms with van der Waals surface area (Å²) in [5.41, 5.74) is 3.27. The van der Waals surface area contributed by atoms with Gasteiger partial charge in [-0.15, -0.1) is 0 Å². The minimum atomic E-state index is -0.279. The van der Waals surface area contributed by atoms with Crippen molar-refractivity contribution in [1.29, 1.82) is 0 Å². The number of rotatable bonds is 6. The van der Waals surface area contributed by atoms with E-state index in [1.54, 1.807) is 14.2 Å². The molecule has 0 unspecified atom stereocenters. The van der Waals surface area contributed by atoms with Crippen LogP contribution in [0.4, 0.5) is 0 Å². The number of methoxy groups -OCH3 is 2. The van der Waals surface area contributed by atoms with E-state index < -0.39 is 0 Å². The molecule has 1 heterocycles. The molecule has 0 saturated heterocycles. The highest BCUT2D eigenvalue weighted by molar-refractivity contribution is 9.10. The molecule has 30 heavy (non-hydrogen) atoms. The lowest BCUT2D eigenvalue weighted by Crippen LogP contribution is -2.53. The van der Waals surface area contributed by atoms with Gasteiger partial charge in [0, 0.05) is 24.1 Å². The van der Waals surface area contributed by atoms with Crippen LogP contribution < -0.4 is 14.8 Å². The van der Waals surface area contributed by atoms with Crippen LogP contribution in [0.5, 0.6) is 11.5 Å². The van der Waals surface area contributed by atoms with Gasteiger partial charge in [-0.3, -0.25) is 4.79 Å². The van der Waals surface area contributed by atoms with E-state index in [4.69, 9.17) is 9.47 Å². The first-order chi connectivity index (χ1) is 14.2. The number of halogens is 1. The van der Waals surface area contributed by atoms with E-state index >= 15 is 0 Å². The second kappa shape index (κ2) is 9.40. The molecule has 0 aliphatic carbocycles. The van der Waals surface area contributed by atoms with E-state index in [0.717, 1.165) is 27.8 Å². The zero-order valence-electron chi connectivity index (χ0n) is 18.4. The van der Waals surface area contributed by atoms with Crippen molar-refractivity contribution in [2.45, 2.75) is 46.3 Å². The molecule has 0 radical (unpaired) electrons. The molecule has 5 nitrogen and oxygen atoms in total. The van der Waals surface area contributed by atoms with Gasteiger partial charge in [0.1, 0.15) is 0 Å². The van der Waals surface area contributed by atoms with Crippen molar-refractivity contribution in [3.05, 3.63) is 57.6 Å². The number of carbonyl (C=O) groups excluding carboxylic acids is 1. The topological polar surface area (TPSA) is 50.8 Å². The van der Waals surface area contributed by atoms with Gasteiger partial charge in [0.05, 0.1) is 20.3 Å². The van der Waals surface area contributed by atoms with Gasteiger partial charge in [0.25, 0.3) is 0 Å². The lowest BCUT2D eigenvalue weighted by atomic mass is 9.85. The zero-order valence-corrected chi connectivity index (χ0v) is 20.0. The van der Waals surface area contributed by atoms with Gasteiger partial charge in [-0.05, 0) is 52.8 Å². The van der Waals surface area contributed by atoms with Crippen molar-refractivity contribution in [2.75, 3.05) is 20.8 Å². The van der Waals surface area contributed by atoms with Crippen molar-refractivity contribution in [1.82, 2.24) is 10.2 Å². The maximum atomic E-state index is 13.5. The fraction of sp³-hybridized carbons (Fsp3) is 0.458. The number of nitrogens with one attached hydrogen (secondary N) is 1. The summed E-state index contributed by atoms with van der Waals surface area (Å²) in [6.07, 6.45) is 0.809. The Bertz CT molecular complexity index is 908. The fourth-order valence-electron chi connectivity index (χ4n) is 3.88. The number of hydrogen-bond donors (Lipinski definition) is 1. The molecule has 0 fully saturated rings. The Morgan fingerprint density at radius 2 is 1.80 bits per heavy atom. The Hall–Kier alpha value is -2.05. The third-order valence-electron chi connectivity index (χ3n) is 5.54. The summed E-state index contributed by atoms with van der Waals surface area (Å²) in [5, 5.41) is 3.51. The lowest BCUT2D eigenvalue weighted by Gasteiger charge is -2.37. The third-order valence-corrected chi connectivity index (χ3v) is 6.04. The summed E-state index contributed by atoms with van der Waals surface area (Å²) < 4.78 is 11.9. The number of amides is 1. The summed E-state index contributed by atoms with van der Waals surface area (Å²) >= 11 is 3.52. The van der Waals surface area contributed by atoms with E-state index in [-0.39, 0.29) is 17.4 Å². The van der Waals surface area contributed by atoms with Crippen LogP contribution in [-0.2, 0) is 24.3 Å². The number of benzene rings is 2. The zero-order chi connectivity index (χ0) is 21.9. The van der Waals surface area contributed by atoms with E-state index in [1.165, 1.54) is 5.56 Å². The van der Waals surface area contributed by atoms with Crippen LogP contribution >= 0.6 is 15.9 Å². The standard InChI is InChI=1S/C24H31BrN2O3/c1-24(2,3)22(26-14-16-7-6-8-19(25)11-16)23(28)27-10-9-17-12-20(29-4)21(30-5)13-18(17)15-27/h6-8,11-13,22,26H,9-10,14-15H2,1-5H3/t22-/m1/s1. The molecule has 1 aliphatic heterocycles. The van der Waals surface area contributed by atoms with Crippen molar-refractivity contribution >= 4 is 21.8 Å². The van der Waals surface area contributed by atoms with Crippen molar-refractivity contribution < 1.29 is 14.3 Å². The summed E-state index contributed by atoms with van der Waals surface area (Å²) in [6, 6.07) is 11.9. The predicted molar refractivity (Wildman–Crippen MR) is 123 cm³/mol. The minimum absolute atomic E-state index is 0.137. The Kier molecular flexibility index (Phi) is 7.09. The van der Waals surface area contributed by atoms with Gasteiger partial charge in [-0.2, -0.15) is 0 Å². The quantitative estimate of drug-likeness (QED) is 0.666. The minimum Gasteiger partial charge on any atom is -0.493 e. The maximum Gasteiger partial charge on any atom is 0.240 e. The highest BCUT2D eigenvalue weighted by atomic mass is 79.9. The van der Waals surface area contributed by atoms with Crippen LogP contribution in [0.1, 0.15) is 37.5 Å². The van der Waals surface area contributed by atoms with Gasteiger partial charge < -0.3 is 19.7 Å². The summed E-state index contributed by atoms with van der Waals surface area (Å²) in [6.45, 7) is 8.24. The molecule has 3 rings (SSSR count). The van der Waals surface area contributed by atoms with Gasteiger partial charge in [0.2, 0.25) is 5.91 Å². The average molecular weight is 475 g/mol. The van der Waals surface area contributed by atoms with Crippen LogP contribution in [0.2, 0.25) is 0 Å². The maximum absolute atomic E-state index is 13.5. The Morgan fingerprint density at radius 3 is 2.40 bits per heavy atom. The van der Waals surface area contributed by atoms with Crippen LogP contribution in [-0.4, -0.2) is 37.6 Å². The number of carbonyl (C=O) groups is 1. The highest BCUT2D eigenvalue weighted by Gasteiger charge is 2.35. The lowest BCUT2D eigenvalue weighted by molar-refractivity contribution is -0.137. The first-order valence-corrected chi connectivity index (χ1v) is 11.0. The van der Waals surface area contributed by atoms with Crippen LogP contribution in [0.25, 0.3) is 0 Å². The Balaban J connectivity index is 1.77. The monoisotopic (exact) mass is 474 g/mol. The molecule has 1 aliphatic rings. The van der Waals surface area contributed by atoms with Crippen LogP contribution in [0.3, 0.4) is 0 Å². The first kappa shape index (κ1) is 22.6. The summed E-state index contributed by atoms with van der Waals surface area (Å²) in [5.74, 6) is 1.57. The van der Waals surface area contributed by atoms with Crippen LogP contribution in [0.15, 0.2) is 40.9 Å². The number of hydrogen-bond acceptors (Lipinski definition) is 4. The number of nitrogens with zero attached hydrogens (tertiary/aromatic N) is 1.